The SMILES string of the molecule is CC1(c2ccccc2)CCCCC/C1=N\Nc1ccc([N+](=O)[O-])cc1[N+](=O)[O-]. The van der Waals surface area contributed by atoms with E-state index in [0.29, 0.717) is 0 Å². The van der Waals surface area contributed by atoms with Crippen molar-refractivity contribution in [1.82, 2.24) is 0 Å². The first-order valence-electron chi connectivity index (χ1n) is 9.23. The lowest BCUT2D eigenvalue weighted by Crippen LogP contribution is -2.32. The highest BCUT2D eigenvalue weighted by Crippen LogP contribution is 2.37. The van der Waals surface area contributed by atoms with Crippen molar-refractivity contribution in [3.8, 4) is 0 Å². The molecular weight excluding hydrogens is 360 g/mol. The molecule has 1 unspecified atom stereocenters. The summed E-state index contributed by atoms with van der Waals surface area (Å²) in [5.41, 5.74) is 4.09. The van der Waals surface area contributed by atoms with Crippen molar-refractivity contribution in [1.29, 1.82) is 0 Å². The van der Waals surface area contributed by atoms with Crippen molar-refractivity contribution < 1.29 is 9.85 Å². The molecule has 0 saturated heterocycles. The van der Waals surface area contributed by atoms with Gasteiger partial charge in [-0.25, -0.2) is 0 Å². The van der Waals surface area contributed by atoms with Crippen LogP contribution in [-0.4, -0.2) is 15.6 Å². The number of non-ortho nitro benzene ring substituents is 1. The van der Waals surface area contributed by atoms with E-state index in [1.54, 1.807) is 0 Å². The summed E-state index contributed by atoms with van der Waals surface area (Å²) in [6.07, 6.45) is 4.94. The third-order valence-electron chi connectivity index (χ3n) is 5.34. The lowest BCUT2D eigenvalue weighted by Gasteiger charge is -2.30. The van der Waals surface area contributed by atoms with Crippen molar-refractivity contribution in [3.05, 3.63) is 74.3 Å². The third kappa shape index (κ3) is 4.00. The van der Waals surface area contributed by atoms with E-state index < -0.39 is 9.85 Å². The molecule has 0 radical (unpaired) electrons. The van der Waals surface area contributed by atoms with Gasteiger partial charge in [0.25, 0.3) is 5.69 Å². The van der Waals surface area contributed by atoms with Crippen molar-refractivity contribution in [2.24, 2.45) is 5.10 Å². The van der Waals surface area contributed by atoms with Crippen LogP contribution in [0.5, 0.6) is 0 Å². The summed E-state index contributed by atoms with van der Waals surface area (Å²) in [5.74, 6) is 0. The molecule has 1 saturated carbocycles. The van der Waals surface area contributed by atoms with Crippen LogP contribution in [0.3, 0.4) is 0 Å². The number of nitrogens with zero attached hydrogens (tertiary/aromatic N) is 3. The predicted octanol–water partition coefficient (Wildman–Crippen LogP) is 5.19. The normalized spacial score (nSPS) is 21.1. The quantitative estimate of drug-likeness (QED) is 0.434. The van der Waals surface area contributed by atoms with Crippen LogP contribution in [-0.2, 0) is 5.41 Å². The van der Waals surface area contributed by atoms with Crippen LogP contribution in [0.4, 0.5) is 17.1 Å². The number of hydrazone groups is 1. The number of hydrogen-bond acceptors (Lipinski definition) is 6. The Morgan fingerprint density at radius 1 is 1.00 bits per heavy atom. The second kappa shape index (κ2) is 8.16. The molecule has 0 spiro atoms. The molecule has 8 heteroatoms. The average molecular weight is 382 g/mol. The van der Waals surface area contributed by atoms with Gasteiger partial charge < -0.3 is 0 Å². The van der Waals surface area contributed by atoms with Gasteiger partial charge in [0.1, 0.15) is 5.69 Å². The van der Waals surface area contributed by atoms with E-state index in [2.05, 4.69) is 29.6 Å². The van der Waals surface area contributed by atoms with Crippen molar-refractivity contribution >= 4 is 22.8 Å². The van der Waals surface area contributed by atoms with Crippen LogP contribution in [0.1, 0.15) is 44.6 Å². The summed E-state index contributed by atoms with van der Waals surface area (Å²) in [4.78, 5) is 21.0. The van der Waals surface area contributed by atoms with Crippen molar-refractivity contribution in [2.75, 3.05) is 5.43 Å². The van der Waals surface area contributed by atoms with E-state index in [1.165, 1.54) is 12.1 Å². The minimum Gasteiger partial charge on any atom is -0.272 e. The van der Waals surface area contributed by atoms with E-state index in [0.717, 1.165) is 49.4 Å². The summed E-state index contributed by atoms with van der Waals surface area (Å²) in [6.45, 7) is 2.15. The lowest BCUT2D eigenvalue weighted by atomic mass is 9.75. The molecule has 0 amide bonds. The monoisotopic (exact) mass is 382 g/mol. The highest BCUT2D eigenvalue weighted by Gasteiger charge is 2.34. The molecule has 0 bridgehead atoms. The predicted molar refractivity (Wildman–Crippen MR) is 108 cm³/mol. The Morgan fingerprint density at radius 2 is 1.75 bits per heavy atom. The fraction of sp³-hybridized carbons (Fsp3) is 0.350. The maximum absolute atomic E-state index is 11.3. The smallest absolute Gasteiger partial charge is 0.272 e. The molecule has 28 heavy (non-hydrogen) atoms. The van der Waals surface area contributed by atoms with E-state index >= 15 is 0 Å². The molecule has 1 atom stereocenters. The van der Waals surface area contributed by atoms with E-state index in [1.807, 2.05) is 18.2 Å². The number of benzene rings is 2. The molecule has 2 aromatic carbocycles. The number of rotatable bonds is 5. The molecule has 3 rings (SSSR count). The Kier molecular flexibility index (Phi) is 5.67. The number of nitro groups is 2. The maximum Gasteiger partial charge on any atom is 0.301 e. The third-order valence-corrected chi connectivity index (χ3v) is 5.34. The van der Waals surface area contributed by atoms with Crippen LogP contribution < -0.4 is 5.43 Å². The average Bonchev–Trinajstić information content (AvgIpc) is 2.89. The van der Waals surface area contributed by atoms with Gasteiger partial charge >= 0.3 is 5.69 Å². The van der Waals surface area contributed by atoms with Gasteiger partial charge in [-0.2, -0.15) is 5.10 Å². The Bertz CT molecular complexity index is 914. The number of nitro benzene ring substituents is 2. The minimum absolute atomic E-state index is 0.141. The molecular formula is C20H22N4O4. The summed E-state index contributed by atoms with van der Waals surface area (Å²) in [5, 5.41) is 26.8. The summed E-state index contributed by atoms with van der Waals surface area (Å²) >= 11 is 0. The van der Waals surface area contributed by atoms with Crippen LogP contribution >= 0.6 is 0 Å². The Morgan fingerprint density at radius 3 is 2.43 bits per heavy atom. The Balaban J connectivity index is 1.97. The molecule has 1 fully saturated rings. The molecule has 0 aliphatic heterocycles. The summed E-state index contributed by atoms with van der Waals surface area (Å²) in [7, 11) is 0. The van der Waals surface area contributed by atoms with Crippen molar-refractivity contribution in [3.63, 3.8) is 0 Å². The molecule has 0 heterocycles. The highest BCUT2D eigenvalue weighted by atomic mass is 16.6. The standard InChI is InChI=1S/C20H22N4O4/c1-20(15-8-4-2-5-9-15)13-7-3-6-10-19(20)22-21-17-12-11-16(23(25)26)14-18(17)24(27)28/h2,4-5,8-9,11-12,14,21H,3,6-7,10,13H2,1H3/b22-19+. The van der Waals surface area contributed by atoms with Gasteiger partial charge in [0.05, 0.1) is 15.9 Å². The molecule has 146 valence electrons. The van der Waals surface area contributed by atoms with Gasteiger partial charge in [0.15, 0.2) is 0 Å². The van der Waals surface area contributed by atoms with Gasteiger partial charge in [0.2, 0.25) is 0 Å². The highest BCUT2D eigenvalue weighted by molar-refractivity contribution is 5.95. The van der Waals surface area contributed by atoms with E-state index in [9.17, 15) is 20.2 Å². The number of hydrogen-bond donors (Lipinski definition) is 1. The fourth-order valence-electron chi connectivity index (χ4n) is 3.67. The van der Waals surface area contributed by atoms with Crippen molar-refractivity contribution in [2.45, 2.75) is 44.4 Å². The van der Waals surface area contributed by atoms with Gasteiger partial charge in [-0.15, -0.1) is 0 Å². The van der Waals surface area contributed by atoms with Crippen LogP contribution in [0.2, 0.25) is 0 Å². The first kappa shape index (κ1) is 19.5. The molecule has 0 aromatic heterocycles. The summed E-state index contributed by atoms with van der Waals surface area (Å²) < 4.78 is 0. The van der Waals surface area contributed by atoms with Crippen LogP contribution in [0.15, 0.2) is 53.6 Å². The van der Waals surface area contributed by atoms with Crippen LogP contribution in [0.25, 0.3) is 0 Å². The molecule has 1 aliphatic carbocycles. The fourth-order valence-corrected chi connectivity index (χ4v) is 3.67. The first-order chi connectivity index (χ1) is 13.4. The minimum atomic E-state index is -0.652. The second-order valence-corrected chi connectivity index (χ2v) is 7.14. The zero-order valence-corrected chi connectivity index (χ0v) is 15.6. The van der Waals surface area contributed by atoms with Gasteiger partial charge in [-0.05, 0) is 30.9 Å². The lowest BCUT2D eigenvalue weighted by molar-refractivity contribution is -0.393. The molecule has 1 aliphatic rings. The number of anilines is 1. The second-order valence-electron chi connectivity index (χ2n) is 7.14. The summed E-state index contributed by atoms with van der Waals surface area (Å²) in [6, 6.07) is 13.6. The largest absolute Gasteiger partial charge is 0.301 e. The van der Waals surface area contributed by atoms with Gasteiger partial charge in [-0.1, -0.05) is 50.1 Å². The zero-order valence-electron chi connectivity index (χ0n) is 15.6. The van der Waals surface area contributed by atoms with Gasteiger partial charge in [-0.3, -0.25) is 25.7 Å². The number of nitrogens with one attached hydrogen (secondary N) is 1. The van der Waals surface area contributed by atoms with E-state index in [-0.39, 0.29) is 22.5 Å². The Hall–Kier alpha value is -3.29. The zero-order chi connectivity index (χ0) is 20.1. The molecule has 1 N–H and O–H groups in total. The maximum atomic E-state index is 11.3. The molecule has 8 nitrogen and oxygen atoms in total. The van der Waals surface area contributed by atoms with Gasteiger partial charge in [0, 0.05) is 17.2 Å². The molecule has 2 aromatic rings. The first-order valence-corrected chi connectivity index (χ1v) is 9.23. The Labute approximate surface area is 162 Å². The van der Waals surface area contributed by atoms with Crippen LogP contribution in [0, 0.1) is 20.2 Å². The topological polar surface area (TPSA) is 111 Å². The van der Waals surface area contributed by atoms with E-state index in [4.69, 9.17) is 0 Å².